The monoisotopic (exact) mass is 351 g/mol. The molecule has 0 bridgehead atoms. The normalized spacial score (nSPS) is 21.8. The van der Waals surface area contributed by atoms with Gasteiger partial charge in [0.1, 0.15) is 0 Å². The second kappa shape index (κ2) is 5.80. The molecule has 0 spiro atoms. The van der Waals surface area contributed by atoms with Crippen LogP contribution in [0.25, 0.3) is 0 Å². The van der Waals surface area contributed by atoms with E-state index in [9.17, 15) is 5.11 Å². The minimum absolute atomic E-state index is 0.240. The third-order valence-electron chi connectivity index (χ3n) is 3.23. The summed E-state index contributed by atoms with van der Waals surface area (Å²) in [5, 5.41) is 12.8. The summed E-state index contributed by atoms with van der Waals surface area (Å²) in [4.78, 5) is 1.54. The van der Waals surface area contributed by atoms with Gasteiger partial charge in [-0.2, -0.15) is 0 Å². The Balaban J connectivity index is 2.12. The van der Waals surface area contributed by atoms with Crippen LogP contribution in [0.3, 0.4) is 0 Å². The van der Waals surface area contributed by atoms with E-state index < -0.39 is 0 Å². The fourth-order valence-electron chi connectivity index (χ4n) is 2.28. The van der Waals surface area contributed by atoms with Gasteiger partial charge in [0.2, 0.25) is 0 Å². The smallest absolute Gasteiger partial charge is 0.0659 e. The fourth-order valence-corrected chi connectivity index (χ4v) is 4.40. The molecular formula is C12H18INOS. The molecule has 1 unspecified atom stereocenters. The lowest BCUT2D eigenvalue weighted by Crippen LogP contribution is -2.36. The number of rotatable bonds is 4. The number of aliphatic hydroxyl groups is 1. The molecule has 0 radical (unpaired) electrons. The van der Waals surface area contributed by atoms with E-state index in [-0.39, 0.29) is 12.6 Å². The lowest BCUT2D eigenvalue weighted by Gasteiger charge is -2.27. The van der Waals surface area contributed by atoms with Crippen molar-refractivity contribution in [3.05, 3.63) is 19.4 Å². The molecule has 0 amide bonds. The van der Waals surface area contributed by atoms with E-state index in [4.69, 9.17) is 0 Å². The Labute approximate surface area is 115 Å². The summed E-state index contributed by atoms with van der Waals surface area (Å²) < 4.78 is 1.38. The van der Waals surface area contributed by atoms with Gasteiger partial charge in [-0.25, -0.2) is 0 Å². The summed E-state index contributed by atoms with van der Waals surface area (Å²) in [6.45, 7) is 2.36. The van der Waals surface area contributed by atoms with Gasteiger partial charge >= 0.3 is 0 Å². The van der Waals surface area contributed by atoms with Gasteiger partial charge < -0.3 is 10.4 Å². The molecule has 0 fully saturated rings. The minimum atomic E-state index is 0.240. The lowest BCUT2D eigenvalue weighted by molar-refractivity contribution is 0.223. The number of halogens is 1. The molecule has 1 aromatic rings. The molecule has 0 saturated carbocycles. The average Bonchev–Trinajstić information content (AvgIpc) is 2.67. The van der Waals surface area contributed by atoms with Crippen LogP contribution in [0, 0.1) is 2.88 Å². The van der Waals surface area contributed by atoms with Crippen molar-refractivity contribution in [2.45, 2.75) is 44.7 Å². The lowest BCUT2D eigenvalue weighted by atomic mass is 9.93. The highest BCUT2D eigenvalue weighted by Crippen LogP contribution is 2.36. The van der Waals surface area contributed by atoms with Crippen molar-refractivity contribution in [1.82, 2.24) is 5.32 Å². The van der Waals surface area contributed by atoms with Gasteiger partial charge in [-0.1, -0.05) is 6.92 Å². The average molecular weight is 351 g/mol. The summed E-state index contributed by atoms with van der Waals surface area (Å²) in [5.74, 6) is 0. The van der Waals surface area contributed by atoms with Crippen LogP contribution >= 0.6 is 33.9 Å². The molecule has 1 heterocycles. The quantitative estimate of drug-likeness (QED) is 0.818. The zero-order valence-corrected chi connectivity index (χ0v) is 12.5. The van der Waals surface area contributed by atoms with Crippen LogP contribution in [-0.4, -0.2) is 17.8 Å². The summed E-state index contributed by atoms with van der Waals surface area (Å²) in [6.07, 6.45) is 4.69. The minimum Gasteiger partial charge on any atom is -0.395 e. The van der Waals surface area contributed by atoms with E-state index in [2.05, 4.69) is 40.9 Å². The molecule has 1 aliphatic rings. The molecule has 1 aliphatic carbocycles. The molecule has 0 aromatic carbocycles. The van der Waals surface area contributed by atoms with E-state index >= 15 is 0 Å². The Morgan fingerprint density at radius 3 is 3.19 bits per heavy atom. The van der Waals surface area contributed by atoms with Gasteiger partial charge in [0.05, 0.1) is 9.49 Å². The van der Waals surface area contributed by atoms with Crippen LogP contribution < -0.4 is 5.32 Å². The van der Waals surface area contributed by atoms with Crippen molar-refractivity contribution in [2.24, 2.45) is 0 Å². The highest BCUT2D eigenvalue weighted by molar-refractivity contribution is 14.1. The first-order valence-electron chi connectivity index (χ1n) is 5.89. The zero-order chi connectivity index (χ0) is 11.5. The Hall–Kier alpha value is 0.350. The fraction of sp³-hybridized carbons (Fsp3) is 0.667. The van der Waals surface area contributed by atoms with Gasteiger partial charge in [0, 0.05) is 17.0 Å². The number of thiophene rings is 1. The predicted molar refractivity (Wildman–Crippen MR) is 77.0 cm³/mol. The largest absolute Gasteiger partial charge is 0.395 e. The van der Waals surface area contributed by atoms with E-state index in [1.165, 1.54) is 27.7 Å². The Morgan fingerprint density at radius 1 is 1.69 bits per heavy atom. The Morgan fingerprint density at radius 2 is 2.50 bits per heavy atom. The molecule has 16 heavy (non-hydrogen) atoms. The third kappa shape index (κ3) is 2.78. The number of hydrogen-bond donors (Lipinski definition) is 2. The summed E-state index contributed by atoms with van der Waals surface area (Å²) >= 11 is 4.32. The zero-order valence-electron chi connectivity index (χ0n) is 9.50. The molecular weight excluding hydrogens is 333 g/mol. The van der Waals surface area contributed by atoms with Crippen LogP contribution in [0.5, 0.6) is 0 Å². The van der Waals surface area contributed by atoms with E-state index in [1.807, 2.05) is 11.3 Å². The molecule has 0 saturated heterocycles. The SMILES string of the molecule is CC[C@H](CO)NC1CCCc2sc(I)cc21. The van der Waals surface area contributed by atoms with Gasteiger partial charge in [-0.15, -0.1) is 11.3 Å². The van der Waals surface area contributed by atoms with Gasteiger partial charge in [0.25, 0.3) is 0 Å². The first-order chi connectivity index (χ1) is 7.74. The number of nitrogens with one attached hydrogen (secondary N) is 1. The van der Waals surface area contributed by atoms with E-state index in [0.29, 0.717) is 6.04 Å². The van der Waals surface area contributed by atoms with Gasteiger partial charge in [-0.3, -0.25) is 0 Å². The predicted octanol–water partition coefficient (Wildman–Crippen LogP) is 3.09. The van der Waals surface area contributed by atoms with E-state index in [0.717, 1.165) is 6.42 Å². The van der Waals surface area contributed by atoms with E-state index in [1.54, 1.807) is 4.88 Å². The molecule has 2 nitrogen and oxygen atoms in total. The van der Waals surface area contributed by atoms with Crippen LogP contribution in [0.4, 0.5) is 0 Å². The Bertz CT molecular complexity index is 349. The van der Waals surface area contributed by atoms with Crippen LogP contribution in [0.15, 0.2) is 6.07 Å². The molecule has 0 aliphatic heterocycles. The topological polar surface area (TPSA) is 32.3 Å². The van der Waals surface area contributed by atoms with Crippen LogP contribution in [0.1, 0.15) is 42.7 Å². The molecule has 90 valence electrons. The number of aryl methyl sites for hydroxylation is 1. The van der Waals surface area contributed by atoms with Gasteiger partial charge in [-0.05, 0) is 59.9 Å². The standard InChI is InChI=1S/C12H18INOS/c1-2-8(7-15)14-10-4-3-5-11-9(10)6-12(13)16-11/h6,8,10,14-15H,2-5,7H2,1H3/t8-,10?/m1/s1. The molecule has 2 N–H and O–H groups in total. The number of hydrogen-bond acceptors (Lipinski definition) is 3. The number of aliphatic hydroxyl groups excluding tert-OH is 1. The molecule has 1 aromatic heterocycles. The maximum Gasteiger partial charge on any atom is 0.0659 e. The molecule has 2 atom stereocenters. The van der Waals surface area contributed by atoms with Crippen molar-refractivity contribution in [3.63, 3.8) is 0 Å². The van der Waals surface area contributed by atoms with Crippen LogP contribution in [-0.2, 0) is 6.42 Å². The maximum absolute atomic E-state index is 9.25. The first-order valence-corrected chi connectivity index (χ1v) is 7.79. The van der Waals surface area contributed by atoms with Crippen molar-refractivity contribution in [1.29, 1.82) is 0 Å². The second-order valence-corrected chi connectivity index (χ2v) is 7.36. The van der Waals surface area contributed by atoms with Crippen LogP contribution in [0.2, 0.25) is 0 Å². The highest BCUT2D eigenvalue weighted by Gasteiger charge is 2.23. The van der Waals surface area contributed by atoms with Crippen molar-refractivity contribution >= 4 is 33.9 Å². The van der Waals surface area contributed by atoms with Crippen molar-refractivity contribution < 1.29 is 5.11 Å². The number of fused-ring (bicyclic) bond motifs is 1. The summed E-state index contributed by atoms with van der Waals surface area (Å²) in [6, 6.07) is 3.01. The first kappa shape index (κ1) is 12.8. The van der Waals surface area contributed by atoms with Crippen molar-refractivity contribution in [2.75, 3.05) is 6.61 Å². The third-order valence-corrected chi connectivity index (χ3v) is 5.20. The highest BCUT2D eigenvalue weighted by atomic mass is 127. The summed E-state index contributed by atoms with van der Waals surface area (Å²) in [5.41, 5.74) is 1.48. The second-order valence-electron chi connectivity index (χ2n) is 4.33. The molecule has 2 rings (SSSR count). The summed E-state index contributed by atoms with van der Waals surface area (Å²) in [7, 11) is 0. The Kier molecular flexibility index (Phi) is 4.64. The van der Waals surface area contributed by atoms with Gasteiger partial charge in [0.15, 0.2) is 0 Å². The van der Waals surface area contributed by atoms with Crippen molar-refractivity contribution in [3.8, 4) is 0 Å². The molecule has 4 heteroatoms. The maximum atomic E-state index is 9.25.